The SMILES string of the molecule is COc1ccc(C(=O)N2CCC(N3CCC(C(=O)NC(C)C)CC3)CC2)cc1F. The minimum atomic E-state index is -0.516. The zero-order valence-electron chi connectivity index (χ0n) is 17.6. The summed E-state index contributed by atoms with van der Waals surface area (Å²) >= 11 is 0. The van der Waals surface area contributed by atoms with Crippen molar-refractivity contribution in [1.82, 2.24) is 15.1 Å². The van der Waals surface area contributed by atoms with E-state index in [2.05, 4.69) is 10.2 Å². The molecule has 0 atom stereocenters. The van der Waals surface area contributed by atoms with Gasteiger partial charge in [0, 0.05) is 36.7 Å². The zero-order valence-corrected chi connectivity index (χ0v) is 17.6. The Hall–Kier alpha value is -2.15. The average Bonchev–Trinajstić information content (AvgIpc) is 2.73. The van der Waals surface area contributed by atoms with Crippen LogP contribution in [-0.4, -0.2) is 67.0 Å². The number of hydrogen-bond donors (Lipinski definition) is 1. The molecule has 1 aromatic rings. The zero-order chi connectivity index (χ0) is 21.0. The summed E-state index contributed by atoms with van der Waals surface area (Å²) in [4.78, 5) is 29.2. The monoisotopic (exact) mass is 405 g/mol. The molecule has 6 nitrogen and oxygen atoms in total. The molecule has 2 aliphatic rings. The fraction of sp³-hybridized carbons (Fsp3) is 0.636. The Labute approximate surface area is 172 Å². The van der Waals surface area contributed by atoms with E-state index in [0.717, 1.165) is 38.8 Å². The van der Waals surface area contributed by atoms with Gasteiger partial charge in [-0.15, -0.1) is 0 Å². The molecule has 0 unspecified atom stereocenters. The number of amides is 2. The van der Waals surface area contributed by atoms with Gasteiger partial charge in [-0.25, -0.2) is 4.39 Å². The highest BCUT2D eigenvalue weighted by Crippen LogP contribution is 2.25. The van der Waals surface area contributed by atoms with Crippen LogP contribution in [0.5, 0.6) is 5.75 Å². The Morgan fingerprint density at radius 1 is 1.10 bits per heavy atom. The Balaban J connectivity index is 1.48. The summed E-state index contributed by atoms with van der Waals surface area (Å²) in [5.74, 6) is -0.218. The maximum atomic E-state index is 13.9. The summed E-state index contributed by atoms with van der Waals surface area (Å²) in [5.41, 5.74) is 0.360. The van der Waals surface area contributed by atoms with Gasteiger partial charge < -0.3 is 19.9 Å². The molecule has 2 aliphatic heterocycles. The molecule has 29 heavy (non-hydrogen) atoms. The summed E-state index contributed by atoms with van der Waals surface area (Å²) in [6, 6.07) is 4.99. The first-order valence-corrected chi connectivity index (χ1v) is 10.6. The molecule has 160 valence electrons. The molecule has 3 rings (SSSR count). The highest BCUT2D eigenvalue weighted by atomic mass is 19.1. The van der Waals surface area contributed by atoms with E-state index < -0.39 is 5.82 Å². The lowest BCUT2D eigenvalue weighted by Gasteiger charge is -2.41. The van der Waals surface area contributed by atoms with Gasteiger partial charge in [0.05, 0.1) is 7.11 Å². The van der Waals surface area contributed by atoms with Gasteiger partial charge in [0.2, 0.25) is 5.91 Å². The van der Waals surface area contributed by atoms with Crippen molar-refractivity contribution >= 4 is 11.8 Å². The summed E-state index contributed by atoms with van der Waals surface area (Å²) in [6.07, 6.45) is 3.60. The second kappa shape index (κ2) is 9.57. The number of halogens is 1. The van der Waals surface area contributed by atoms with Gasteiger partial charge in [-0.1, -0.05) is 0 Å². The van der Waals surface area contributed by atoms with E-state index in [1.54, 1.807) is 11.0 Å². The van der Waals surface area contributed by atoms with Crippen molar-refractivity contribution in [3.05, 3.63) is 29.6 Å². The van der Waals surface area contributed by atoms with E-state index in [4.69, 9.17) is 4.74 Å². The third-order valence-electron chi connectivity index (χ3n) is 6.00. The standard InChI is InChI=1S/C22H32FN3O3/c1-15(2)24-21(27)16-6-10-25(11-7-16)18-8-12-26(13-9-18)22(28)17-4-5-20(29-3)19(23)14-17/h4-5,14-16,18H,6-13H2,1-3H3,(H,24,27). The molecule has 1 N–H and O–H groups in total. The fourth-order valence-electron chi connectivity index (χ4n) is 4.35. The number of nitrogens with one attached hydrogen (secondary N) is 1. The Kier molecular flexibility index (Phi) is 7.11. The molecular weight excluding hydrogens is 373 g/mol. The van der Waals surface area contributed by atoms with Gasteiger partial charge in [-0.2, -0.15) is 0 Å². The molecule has 0 saturated carbocycles. The van der Waals surface area contributed by atoms with E-state index in [-0.39, 0.29) is 29.5 Å². The van der Waals surface area contributed by atoms with Gasteiger partial charge in [0.15, 0.2) is 11.6 Å². The summed E-state index contributed by atoms with van der Waals surface area (Å²) in [6.45, 7) is 7.18. The number of ether oxygens (including phenoxy) is 1. The van der Waals surface area contributed by atoms with E-state index in [0.29, 0.717) is 24.7 Å². The molecule has 1 aromatic carbocycles. The van der Waals surface area contributed by atoms with E-state index >= 15 is 0 Å². The quantitative estimate of drug-likeness (QED) is 0.818. The van der Waals surface area contributed by atoms with Gasteiger partial charge in [0.25, 0.3) is 5.91 Å². The van der Waals surface area contributed by atoms with E-state index in [1.165, 1.54) is 19.2 Å². The lowest BCUT2D eigenvalue weighted by Crippen LogP contribution is -2.50. The second-order valence-corrected chi connectivity index (χ2v) is 8.35. The van der Waals surface area contributed by atoms with Crippen molar-refractivity contribution in [1.29, 1.82) is 0 Å². The number of carbonyl (C=O) groups is 2. The van der Waals surface area contributed by atoms with Crippen molar-refractivity contribution in [2.45, 2.75) is 51.6 Å². The van der Waals surface area contributed by atoms with E-state index in [1.807, 2.05) is 13.8 Å². The fourth-order valence-corrected chi connectivity index (χ4v) is 4.35. The first-order valence-electron chi connectivity index (χ1n) is 10.6. The summed E-state index contributed by atoms with van der Waals surface area (Å²) in [5, 5.41) is 3.02. The molecule has 0 bridgehead atoms. The smallest absolute Gasteiger partial charge is 0.253 e. The number of piperidine rings is 2. The van der Waals surface area contributed by atoms with Crippen molar-refractivity contribution in [3.8, 4) is 5.75 Å². The van der Waals surface area contributed by atoms with Crippen LogP contribution in [0.25, 0.3) is 0 Å². The summed E-state index contributed by atoms with van der Waals surface area (Å²) in [7, 11) is 1.41. The van der Waals surface area contributed by atoms with Crippen LogP contribution in [0.2, 0.25) is 0 Å². The molecule has 7 heteroatoms. The van der Waals surface area contributed by atoms with Crippen molar-refractivity contribution in [2.75, 3.05) is 33.3 Å². The highest BCUT2D eigenvalue weighted by Gasteiger charge is 2.32. The molecule has 2 fully saturated rings. The number of carbonyl (C=O) groups excluding carboxylic acids is 2. The van der Waals surface area contributed by atoms with Crippen LogP contribution in [-0.2, 0) is 4.79 Å². The lowest BCUT2D eigenvalue weighted by atomic mass is 9.92. The lowest BCUT2D eigenvalue weighted by molar-refractivity contribution is -0.127. The third kappa shape index (κ3) is 5.26. The predicted octanol–water partition coefficient (Wildman–Crippen LogP) is 2.68. The molecule has 2 heterocycles. The number of benzene rings is 1. The first-order chi connectivity index (χ1) is 13.9. The highest BCUT2D eigenvalue weighted by molar-refractivity contribution is 5.94. The maximum Gasteiger partial charge on any atom is 0.253 e. The molecule has 0 aliphatic carbocycles. The van der Waals surface area contributed by atoms with Gasteiger partial charge in [-0.05, 0) is 70.8 Å². The Morgan fingerprint density at radius 2 is 1.76 bits per heavy atom. The number of likely N-dealkylation sites (tertiary alicyclic amines) is 2. The molecule has 0 aromatic heterocycles. The van der Waals surface area contributed by atoms with Gasteiger partial charge >= 0.3 is 0 Å². The minimum absolute atomic E-state index is 0.111. The van der Waals surface area contributed by atoms with Crippen LogP contribution in [0.15, 0.2) is 18.2 Å². The van der Waals surface area contributed by atoms with Crippen LogP contribution < -0.4 is 10.1 Å². The van der Waals surface area contributed by atoms with Crippen LogP contribution in [0.3, 0.4) is 0 Å². The molecule has 2 saturated heterocycles. The Bertz CT molecular complexity index is 724. The van der Waals surface area contributed by atoms with Crippen molar-refractivity contribution < 1.29 is 18.7 Å². The van der Waals surface area contributed by atoms with E-state index in [9.17, 15) is 14.0 Å². The Morgan fingerprint density at radius 3 is 2.31 bits per heavy atom. The van der Waals surface area contributed by atoms with Crippen molar-refractivity contribution in [2.24, 2.45) is 5.92 Å². The normalized spacial score (nSPS) is 19.4. The number of nitrogens with zero attached hydrogens (tertiary/aromatic N) is 2. The van der Waals surface area contributed by atoms with Crippen LogP contribution in [0, 0.1) is 11.7 Å². The molecule has 0 spiro atoms. The second-order valence-electron chi connectivity index (χ2n) is 8.35. The van der Waals surface area contributed by atoms with Crippen LogP contribution >= 0.6 is 0 Å². The average molecular weight is 406 g/mol. The minimum Gasteiger partial charge on any atom is -0.494 e. The predicted molar refractivity (Wildman–Crippen MR) is 109 cm³/mol. The largest absolute Gasteiger partial charge is 0.494 e. The topological polar surface area (TPSA) is 61.9 Å². The molecule has 0 radical (unpaired) electrons. The molecular formula is C22H32FN3O3. The van der Waals surface area contributed by atoms with Crippen LogP contribution in [0.4, 0.5) is 4.39 Å². The van der Waals surface area contributed by atoms with Gasteiger partial charge in [0.1, 0.15) is 0 Å². The van der Waals surface area contributed by atoms with Gasteiger partial charge in [-0.3, -0.25) is 9.59 Å². The first kappa shape index (κ1) is 21.6. The third-order valence-corrected chi connectivity index (χ3v) is 6.00. The van der Waals surface area contributed by atoms with Crippen LogP contribution in [0.1, 0.15) is 49.9 Å². The number of hydrogen-bond acceptors (Lipinski definition) is 4. The van der Waals surface area contributed by atoms with Crippen molar-refractivity contribution in [3.63, 3.8) is 0 Å². The molecule has 2 amide bonds. The number of methoxy groups -OCH3 is 1. The maximum absolute atomic E-state index is 13.9. The number of rotatable bonds is 5. The summed E-state index contributed by atoms with van der Waals surface area (Å²) < 4.78 is 18.8.